The van der Waals surface area contributed by atoms with Crippen molar-refractivity contribution in [3.63, 3.8) is 0 Å². The quantitative estimate of drug-likeness (QED) is 0.0637. The highest BCUT2D eigenvalue weighted by Gasteiger charge is 2.39. The lowest BCUT2D eigenvalue weighted by Gasteiger charge is -2.27. The second-order valence-electron chi connectivity index (χ2n) is 15.8. The monoisotopic (exact) mass is 1080 g/mol. The van der Waals surface area contributed by atoms with E-state index in [-0.39, 0.29) is 43.2 Å². The topological polar surface area (TPSA) is 226 Å². The van der Waals surface area contributed by atoms with Gasteiger partial charge in [0.05, 0.1) is 56.3 Å². The lowest BCUT2D eigenvalue weighted by atomic mass is 9.98. The number of amides is 1. The van der Waals surface area contributed by atoms with E-state index in [4.69, 9.17) is 29.0 Å². The third-order valence-corrected chi connectivity index (χ3v) is 16.2. The number of carbonyl (C=O) groups is 1. The van der Waals surface area contributed by atoms with Gasteiger partial charge in [0.2, 0.25) is 25.9 Å². The number of aliphatic hydroxyl groups is 1. The predicted octanol–water partition coefficient (Wildman–Crippen LogP) is 7.41. The number of hydrogen-bond acceptors (Lipinski definition) is 15. The lowest BCUT2D eigenvalue weighted by Crippen LogP contribution is -2.46. The normalized spacial score (nSPS) is 12.2. The number of thiazole rings is 1. The summed E-state index contributed by atoms with van der Waals surface area (Å²) >= 11 is 4.85. The number of alkyl carbamates (subject to hydrolysis) is 1. The van der Waals surface area contributed by atoms with Crippen molar-refractivity contribution >= 4 is 63.6 Å². The van der Waals surface area contributed by atoms with E-state index in [1.807, 2.05) is 24.3 Å². The zero-order chi connectivity index (χ0) is 50.1. The fourth-order valence-corrected chi connectivity index (χ4v) is 12.6. The molecule has 18 nitrogen and oxygen atoms in total. The average Bonchev–Trinajstić information content (AvgIpc) is 4.02. The Hall–Kier alpha value is -6.79. The highest BCUT2D eigenvalue weighted by Crippen LogP contribution is 2.44. The molecule has 8 aromatic rings. The highest BCUT2D eigenvalue weighted by molar-refractivity contribution is 9.11. The van der Waals surface area contributed by atoms with Crippen LogP contribution in [0.3, 0.4) is 0 Å². The van der Waals surface area contributed by atoms with Gasteiger partial charge in [0, 0.05) is 25.2 Å². The van der Waals surface area contributed by atoms with Crippen LogP contribution in [0.25, 0.3) is 32.7 Å². The minimum Gasteiger partial charge on any atom is -0.497 e. The largest absolute Gasteiger partial charge is 0.497 e. The summed E-state index contributed by atoms with van der Waals surface area (Å²) < 4.78 is 88.8. The van der Waals surface area contributed by atoms with Gasteiger partial charge in [-0.05, 0) is 97.5 Å². The molecule has 2 heterocycles. The van der Waals surface area contributed by atoms with Gasteiger partial charge in [-0.25, -0.2) is 31.3 Å². The van der Waals surface area contributed by atoms with Gasteiger partial charge in [-0.1, -0.05) is 84.9 Å². The van der Waals surface area contributed by atoms with Gasteiger partial charge in [-0.15, -0.1) is 21.5 Å². The van der Waals surface area contributed by atoms with Crippen molar-refractivity contribution in [2.45, 2.75) is 42.1 Å². The average molecular weight is 1080 g/mol. The van der Waals surface area contributed by atoms with Crippen molar-refractivity contribution in [3.05, 3.63) is 160 Å². The molecule has 1 amide bonds. The van der Waals surface area contributed by atoms with Crippen LogP contribution in [0.15, 0.2) is 147 Å². The molecule has 0 saturated heterocycles. The van der Waals surface area contributed by atoms with E-state index in [0.717, 1.165) is 20.1 Å². The summed E-state index contributed by atoms with van der Waals surface area (Å²) in [5, 5.41) is 26.5. The zero-order valence-electron chi connectivity index (χ0n) is 38.4. The number of carbonyl (C=O) groups excluding carboxylic acids is 1. The van der Waals surface area contributed by atoms with E-state index in [0.29, 0.717) is 43.4 Å². The number of tetrazole rings is 1. The third kappa shape index (κ3) is 12.0. The Bertz CT molecular complexity index is 3290. The number of halogens is 1. The number of para-hydroxylation sites is 1. The second kappa shape index (κ2) is 22.5. The fourth-order valence-electron chi connectivity index (χ4n) is 7.55. The van der Waals surface area contributed by atoms with Crippen LogP contribution >= 0.6 is 27.3 Å². The molecule has 1 unspecified atom stereocenters. The number of benzene rings is 6. The van der Waals surface area contributed by atoms with E-state index in [1.54, 1.807) is 104 Å². The number of hydrogen-bond donors (Lipinski definition) is 3. The number of rotatable bonds is 21. The minimum atomic E-state index is -5.02. The van der Waals surface area contributed by atoms with Crippen LogP contribution in [-0.4, -0.2) is 98.1 Å². The first-order valence-electron chi connectivity index (χ1n) is 21.8. The van der Waals surface area contributed by atoms with Crippen LogP contribution < -0.4 is 24.2 Å². The van der Waals surface area contributed by atoms with E-state index in [1.165, 1.54) is 42.5 Å². The van der Waals surface area contributed by atoms with Crippen molar-refractivity contribution in [1.82, 2.24) is 39.5 Å². The second-order valence-corrected chi connectivity index (χ2v) is 21.7. The molecule has 368 valence electrons. The van der Waals surface area contributed by atoms with Gasteiger partial charge in [0.1, 0.15) is 33.6 Å². The Morgan fingerprint density at radius 2 is 1.35 bits per heavy atom. The van der Waals surface area contributed by atoms with Crippen LogP contribution in [0, 0.1) is 0 Å². The minimum absolute atomic E-state index is 0.0631. The van der Waals surface area contributed by atoms with Crippen LogP contribution in [0.4, 0.5) is 4.79 Å². The molecular weight excluding hydrogens is 1040 g/mol. The van der Waals surface area contributed by atoms with Crippen molar-refractivity contribution in [1.29, 1.82) is 0 Å². The van der Waals surface area contributed by atoms with Crippen LogP contribution in [0.5, 0.6) is 17.2 Å². The van der Waals surface area contributed by atoms with Gasteiger partial charge < -0.3 is 29.4 Å². The Morgan fingerprint density at radius 3 is 1.94 bits per heavy atom. The van der Waals surface area contributed by atoms with Gasteiger partial charge in [-0.2, -0.15) is 9.10 Å². The molecule has 22 heteroatoms. The first kappa shape index (κ1) is 50.6. The summed E-state index contributed by atoms with van der Waals surface area (Å²) in [4.78, 5) is 17.4. The lowest BCUT2D eigenvalue weighted by molar-refractivity contribution is 0.137. The number of sulfonamides is 2. The molecule has 8 rings (SSSR count). The van der Waals surface area contributed by atoms with E-state index < -0.39 is 55.1 Å². The van der Waals surface area contributed by atoms with E-state index in [9.17, 15) is 9.90 Å². The smallest absolute Gasteiger partial charge is 0.407 e. The van der Waals surface area contributed by atoms with Crippen LogP contribution in [-0.2, 0) is 51.0 Å². The number of methoxy groups -OCH3 is 3. The van der Waals surface area contributed by atoms with Crippen molar-refractivity contribution in [2.24, 2.45) is 0 Å². The summed E-state index contributed by atoms with van der Waals surface area (Å²) in [6, 6.07) is 36.4. The molecular formula is C49H47BrN8O10S3. The Morgan fingerprint density at radius 1 is 0.746 bits per heavy atom. The summed E-state index contributed by atoms with van der Waals surface area (Å²) in [6.07, 6.45) is -0.874. The zero-order valence-corrected chi connectivity index (χ0v) is 42.5. The highest BCUT2D eigenvalue weighted by atomic mass is 79.9. The van der Waals surface area contributed by atoms with E-state index >= 15 is 16.8 Å². The Kier molecular flexibility index (Phi) is 16.1. The third-order valence-electron chi connectivity index (χ3n) is 11.1. The molecule has 0 saturated carbocycles. The standard InChI is InChI=1S/C49H47BrN8O10S3/c1-65-37-18-12-32(13-19-37)27-57(28-33-14-20-38(66-2)21-15-33)71(63,64)46-43(70(61,62)55-36(30-59)26-51-49(60)68-31-35-8-5-4-6-9-35)25-24-40(41-10-7-11-42-45(41)52-48(50)69-42)44(46)47-53-56-58(54-47)29-34-16-22-39(67-3)23-17-34/h4-25,36,55,59H,26-31H2,1-3H3,(H,51,60). The molecule has 71 heavy (non-hydrogen) atoms. The molecule has 0 fully saturated rings. The Labute approximate surface area is 422 Å². The summed E-state index contributed by atoms with van der Waals surface area (Å²) in [5.74, 6) is 1.49. The maximum Gasteiger partial charge on any atom is 0.407 e. The molecule has 2 aromatic heterocycles. The van der Waals surface area contributed by atoms with Crippen molar-refractivity contribution < 1.29 is 45.7 Å². The first-order valence-corrected chi connectivity index (χ1v) is 26.3. The van der Waals surface area contributed by atoms with Crippen molar-refractivity contribution in [2.75, 3.05) is 34.5 Å². The molecule has 0 spiro atoms. The summed E-state index contributed by atoms with van der Waals surface area (Å²) in [7, 11) is -5.39. The summed E-state index contributed by atoms with van der Waals surface area (Å²) in [5.41, 5.74) is 3.56. The Balaban J connectivity index is 1.31. The SMILES string of the molecule is COc1ccc(CN(Cc2ccc(OC)cc2)S(=O)(=O)c2c(S(=O)(=O)NC(CO)CNC(=O)OCc3ccccc3)ccc(-c3cccc4sc(Br)nc34)c2-c2nnn(Cc3ccc(OC)cc3)n2)cc1. The molecule has 0 aliphatic heterocycles. The number of aromatic nitrogens is 5. The maximum absolute atomic E-state index is 16.2. The molecule has 0 aliphatic carbocycles. The number of nitrogens with one attached hydrogen (secondary N) is 2. The first-order chi connectivity index (χ1) is 34.3. The molecule has 0 bridgehead atoms. The molecule has 6 aromatic carbocycles. The number of aliphatic hydroxyl groups excluding tert-OH is 1. The number of ether oxygens (including phenoxy) is 4. The fraction of sp³-hybridized carbons (Fsp3) is 0.204. The summed E-state index contributed by atoms with van der Waals surface area (Å²) in [6.45, 7) is -1.67. The van der Waals surface area contributed by atoms with Gasteiger partial charge in [-0.3, -0.25) is 0 Å². The predicted molar refractivity (Wildman–Crippen MR) is 270 cm³/mol. The molecule has 3 N–H and O–H groups in total. The number of nitrogens with zero attached hydrogens (tertiary/aromatic N) is 6. The van der Waals surface area contributed by atoms with Gasteiger partial charge in [0.15, 0.2) is 3.92 Å². The molecule has 0 radical (unpaired) electrons. The number of fused-ring (bicyclic) bond motifs is 1. The van der Waals surface area contributed by atoms with E-state index in [2.05, 4.69) is 36.3 Å². The maximum atomic E-state index is 16.2. The van der Waals surface area contributed by atoms with Crippen molar-refractivity contribution in [3.8, 4) is 39.8 Å². The van der Waals surface area contributed by atoms with Gasteiger partial charge >= 0.3 is 6.09 Å². The molecule has 0 aliphatic rings. The molecule has 1 atom stereocenters. The van der Waals surface area contributed by atoms with Gasteiger partial charge in [0.25, 0.3) is 0 Å². The van der Waals surface area contributed by atoms with Crippen LogP contribution in [0.2, 0.25) is 0 Å². The van der Waals surface area contributed by atoms with Crippen LogP contribution in [0.1, 0.15) is 22.3 Å².